The molecular weight excluding hydrogens is 520 g/mol. The van der Waals surface area contributed by atoms with Crippen molar-refractivity contribution >= 4 is 11.0 Å². The van der Waals surface area contributed by atoms with Gasteiger partial charge < -0.3 is 44.5 Å². The summed E-state index contributed by atoms with van der Waals surface area (Å²) in [6, 6.07) is 15.5. The number of phenolic OH excluding ortho intramolecular Hbond substituents is 5. The van der Waals surface area contributed by atoms with Crippen LogP contribution in [0.1, 0.15) is 29.0 Å². The van der Waals surface area contributed by atoms with Gasteiger partial charge in [-0.1, -0.05) is 0 Å². The lowest BCUT2D eigenvalue weighted by Crippen LogP contribution is -2.46. The van der Waals surface area contributed by atoms with E-state index in [-0.39, 0.29) is 57.6 Å². The molecule has 0 saturated heterocycles. The van der Waals surface area contributed by atoms with Crippen LogP contribution in [-0.4, -0.2) is 30.6 Å². The molecule has 0 radical (unpaired) electrons. The summed E-state index contributed by atoms with van der Waals surface area (Å²) in [6.07, 6.45) is 0.0785. The van der Waals surface area contributed by atoms with Gasteiger partial charge in [-0.15, -0.1) is 0 Å². The third-order valence-electron chi connectivity index (χ3n) is 7.38. The molecule has 10 nitrogen and oxygen atoms in total. The van der Waals surface area contributed by atoms with Crippen molar-refractivity contribution in [3.63, 3.8) is 0 Å². The van der Waals surface area contributed by atoms with Crippen LogP contribution in [0.25, 0.3) is 22.3 Å². The molecule has 4 aromatic carbocycles. The Morgan fingerprint density at radius 3 is 2.00 bits per heavy atom. The Balaban J connectivity index is 1.56. The van der Waals surface area contributed by atoms with Crippen molar-refractivity contribution in [1.82, 2.24) is 0 Å². The van der Waals surface area contributed by atoms with Crippen LogP contribution in [0.5, 0.6) is 46.0 Å². The number of rotatable bonds is 2. The van der Waals surface area contributed by atoms with E-state index in [2.05, 4.69) is 0 Å². The highest BCUT2D eigenvalue weighted by molar-refractivity contribution is 5.92. The minimum Gasteiger partial charge on any atom is -0.508 e. The van der Waals surface area contributed by atoms with Gasteiger partial charge in [0.1, 0.15) is 51.2 Å². The van der Waals surface area contributed by atoms with Crippen molar-refractivity contribution in [2.24, 2.45) is 0 Å². The van der Waals surface area contributed by atoms with E-state index in [1.54, 1.807) is 12.1 Å². The van der Waals surface area contributed by atoms with Crippen molar-refractivity contribution in [1.29, 1.82) is 0 Å². The number of hydrogen-bond donors (Lipinski definition) is 6. The van der Waals surface area contributed by atoms with Crippen LogP contribution in [0.2, 0.25) is 0 Å². The van der Waals surface area contributed by atoms with Gasteiger partial charge in [0.05, 0.1) is 0 Å². The van der Waals surface area contributed by atoms with Crippen LogP contribution in [0.4, 0.5) is 0 Å². The number of benzene rings is 4. The molecule has 40 heavy (non-hydrogen) atoms. The summed E-state index contributed by atoms with van der Waals surface area (Å²) in [7, 11) is 0. The zero-order valence-corrected chi connectivity index (χ0v) is 20.5. The Labute approximate surface area is 224 Å². The molecule has 10 heteroatoms. The quantitative estimate of drug-likeness (QED) is 0.182. The molecular formula is C30H20O10. The molecule has 0 amide bonds. The monoisotopic (exact) mass is 540 g/mol. The molecule has 200 valence electrons. The van der Waals surface area contributed by atoms with Gasteiger partial charge in [-0.05, 0) is 48.5 Å². The molecule has 2 bridgehead atoms. The predicted molar refractivity (Wildman–Crippen MR) is 140 cm³/mol. The smallest absolute Gasteiger partial charge is 0.278 e. The molecule has 6 N–H and O–H groups in total. The van der Waals surface area contributed by atoms with Crippen LogP contribution in [0.3, 0.4) is 0 Å². The van der Waals surface area contributed by atoms with E-state index < -0.39 is 28.6 Å². The fourth-order valence-electron chi connectivity index (χ4n) is 5.62. The van der Waals surface area contributed by atoms with Gasteiger partial charge in [0.2, 0.25) is 11.2 Å². The summed E-state index contributed by atoms with van der Waals surface area (Å²) in [5.41, 5.74) is 0.441. The first-order valence-corrected chi connectivity index (χ1v) is 12.2. The molecule has 0 saturated carbocycles. The average molecular weight is 540 g/mol. The summed E-state index contributed by atoms with van der Waals surface area (Å²) < 4.78 is 18.8. The summed E-state index contributed by atoms with van der Waals surface area (Å²) in [5, 5.41) is 62.1. The molecule has 7 rings (SSSR count). The van der Waals surface area contributed by atoms with E-state index in [1.807, 2.05) is 0 Å². The highest BCUT2D eigenvalue weighted by Crippen LogP contribution is 2.60. The lowest BCUT2D eigenvalue weighted by atomic mass is 9.77. The van der Waals surface area contributed by atoms with Gasteiger partial charge in [0.15, 0.2) is 5.76 Å². The number of ether oxygens (including phenoxy) is 2. The van der Waals surface area contributed by atoms with Gasteiger partial charge in [0.25, 0.3) is 5.79 Å². The molecule has 3 heterocycles. The topological polar surface area (TPSA) is 170 Å². The molecule has 0 aliphatic carbocycles. The third kappa shape index (κ3) is 3.25. The summed E-state index contributed by atoms with van der Waals surface area (Å²) in [6.45, 7) is 0. The van der Waals surface area contributed by atoms with Gasteiger partial charge in [-0.3, -0.25) is 4.79 Å². The Hall–Kier alpha value is -5.51. The van der Waals surface area contributed by atoms with Gasteiger partial charge >= 0.3 is 0 Å². The minimum absolute atomic E-state index is 0.0198. The second-order valence-electron chi connectivity index (χ2n) is 9.80. The molecule has 0 spiro atoms. The summed E-state index contributed by atoms with van der Waals surface area (Å²) >= 11 is 0. The summed E-state index contributed by atoms with van der Waals surface area (Å²) in [4.78, 5) is 13.4. The Morgan fingerprint density at radius 1 is 0.700 bits per heavy atom. The van der Waals surface area contributed by atoms with E-state index in [9.17, 15) is 35.4 Å². The van der Waals surface area contributed by atoms with E-state index in [0.29, 0.717) is 22.3 Å². The lowest BCUT2D eigenvalue weighted by molar-refractivity contribution is -0.149. The molecule has 5 aromatic rings. The second kappa shape index (κ2) is 8.00. The standard InChI is InChI=1S/C30H20O10/c31-15-5-1-13(2-6-15)28-27(37)26(36)25-20(35)11-22-24(29(25)38-28)18-12-30(40-22,14-3-7-16(32)8-4-14)39-21-10-17(33)9-19(34)23(18)21/h1-11,18,31-35,37H,12H2/t18-,30-/m0/s1. The summed E-state index contributed by atoms with van der Waals surface area (Å²) in [5.74, 6) is -3.98. The van der Waals surface area contributed by atoms with Crippen molar-refractivity contribution in [2.45, 2.75) is 18.1 Å². The normalized spacial score (nSPS) is 18.9. The number of hydrogen-bond acceptors (Lipinski definition) is 10. The minimum atomic E-state index is -1.50. The Kier molecular flexibility index (Phi) is 4.72. The second-order valence-corrected chi connectivity index (χ2v) is 9.80. The van der Waals surface area contributed by atoms with E-state index in [4.69, 9.17) is 13.9 Å². The van der Waals surface area contributed by atoms with Crippen LogP contribution < -0.4 is 14.9 Å². The van der Waals surface area contributed by atoms with Crippen LogP contribution >= 0.6 is 0 Å². The van der Waals surface area contributed by atoms with Crippen LogP contribution in [-0.2, 0) is 5.79 Å². The highest BCUT2D eigenvalue weighted by Gasteiger charge is 2.52. The lowest BCUT2D eigenvalue weighted by Gasteiger charge is -2.46. The number of phenols is 5. The largest absolute Gasteiger partial charge is 0.508 e. The predicted octanol–water partition coefficient (Wildman–Crippen LogP) is 4.85. The van der Waals surface area contributed by atoms with Crippen molar-refractivity contribution in [3.8, 4) is 57.3 Å². The highest BCUT2D eigenvalue weighted by atomic mass is 16.7. The Bertz CT molecular complexity index is 1910. The first kappa shape index (κ1) is 23.6. The zero-order valence-electron chi connectivity index (χ0n) is 20.5. The van der Waals surface area contributed by atoms with E-state index >= 15 is 0 Å². The van der Waals surface area contributed by atoms with E-state index in [1.165, 1.54) is 48.5 Å². The van der Waals surface area contributed by atoms with Gasteiger partial charge in [0, 0.05) is 52.8 Å². The first-order chi connectivity index (χ1) is 19.1. The number of aromatic hydroxyl groups is 6. The molecule has 0 fully saturated rings. The zero-order chi connectivity index (χ0) is 27.9. The molecule has 2 aliphatic rings. The van der Waals surface area contributed by atoms with Crippen molar-refractivity contribution in [3.05, 3.63) is 93.6 Å². The molecule has 2 aliphatic heterocycles. The average Bonchev–Trinajstić information content (AvgIpc) is 2.90. The maximum atomic E-state index is 13.4. The van der Waals surface area contributed by atoms with Crippen molar-refractivity contribution in [2.75, 3.05) is 0 Å². The van der Waals surface area contributed by atoms with Crippen LogP contribution in [0.15, 0.2) is 75.9 Å². The molecule has 2 atom stereocenters. The SMILES string of the molecule is O=c1c(O)c(-c2ccc(O)cc2)oc2c3c(cc(O)c12)O[C@]1(c2ccc(O)cc2)C[C@H]3c2c(O)cc(O)cc2O1. The number of fused-ring (bicyclic) bond motifs is 8. The molecule has 0 unspecified atom stereocenters. The fourth-order valence-corrected chi connectivity index (χ4v) is 5.62. The first-order valence-electron chi connectivity index (χ1n) is 12.2. The van der Waals surface area contributed by atoms with E-state index in [0.717, 1.165) is 6.07 Å². The molecule has 1 aromatic heterocycles. The van der Waals surface area contributed by atoms with Crippen molar-refractivity contribution < 1.29 is 44.5 Å². The fraction of sp³-hybridized carbons (Fsp3) is 0.100. The maximum Gasteiger partial charge on any atom is 0.278 e. The third-order valence-corrected chi connectivity index (χ3v) is 7.38. The van der Waals surface area contributed by atoms with Gasteiger partial charge in [-0.25, -0.2) is 0 Å². The maximum absolute atomic E-state index is 13.4. The van der Waals surface area contributed by atoms with Gasteiger partial charge in [-0.2, -0.15) is 0 Å². The Morgan fingerprint density at radius 2 is 1.32 bits per heavy atom. The van der Waals surface area contributed by atoms with Crippen LogP contribution in [0, 0.1) is 0 Å².